The maximum Gasteiger partial charge on any atom is 0.331 e. The van der Waals surface area contributed by atoms with Gasteiger partial charge in [0.15, 0.2) is 5.78 Å². The van der Waals surface area contributed by atoms with Crippen molar-refractivity contribution >= 4 is 56.8 Å². The number of phenolic OH excluding ortho intramolecular Hbond substituents is 1. The highest BCUT2D eigenvalue weighted by Gasteiger charge is 2.21. The summed E-state index contributed by atoms with van der Waals surface area (Å²) in [5.41, 5.74) is 4.95. The highest BCUT2D eigenvalue weighted by molar-refractivity contribution is 7.99. The molecule has 8 heteroatoms. The normalized spacial score (nSPS) is 13.6. The molecule has 0 unspecified atom stereocenters. The van der Waals surface area contributed by atoms with Crippen LogP contribution in [0.3, 0.4) is 0 Å². The second-order valence-corrected chi connectivity index (χ2v) is 11.4. The zero-order valence-electron chi connectivity index (χ0n) is 23.8. The third-order valence-electron chi connectivity index (χ3n) is 7.37. The Morgan fingerprint density at radius 1 is 0.976 bits per heavy atom. The summed E-state index contributed by atoms with van der Waals surface area (Å²) in [5, 5.41) is 15.2. The van der Waals surface area contributed by atoms with Crippen molar-refractivity contribution in [3.8, 4) is 5.75 Å². The zero-order valence-corrected chi connectivity index (χ0v) is 24.7. The molecule has 3 aromatic carbocycles. The number of oxime groups is 1. The van der Waals surface area contributed by atoms with E-state index in [1.807, 2.05) is 49.4 Å². The van der Waals surface area contributed by atoms with Gasteiger partial charge in [-0.25, -0.2) is 4.79 Å². The highest BCUT2D eigenvalue weighted by atomic mass is 32.2. The molecule has 1 aromatic heterocycles. The summed E-state index contributed by atoms with van der Waals surface area (Å²) in [6, 6.07) is 18.1. The fraction of sp³-hybridized carbons (Fsp3) is 0.235. The second-order valence-electron chi connectivity index (χ2n) is 10.2. The van der Waals surface area contributed by atoms with Gasteiger partial charge in [-0.1, -0.05) is 22.9 Å². The number of aromatic nitrogens is 1. The molecule has 5 rings (SSSR count). The van der Waals surface area contributed by atoms with Crippen LogP contribution in [0.2, 0.25) is 0 Å². The van der Waals surface area contributed by atoms with E-state index in [9.17, 15) is 19.5 Å². The first-order chi connectivity index (χ1) is 20.3. The number of ketones is 2. The largest absolute Gasteiger partial charge is 0.508 e. The van der Waals surface area contributed by atoms with Gasteiger partial charge in [-0.05, 0) is 87.4 Å². The van der Waals surface area contributed by atoms with Crippen LogP contribution in [-0.2, 0) is 16.2 Å². The number of phenols is 1. The molecule has 0 bridgehead atoms. The number of nitrogens with zero attached hydrogens (tertiary/aromatic N) is 2. The van der Waals surface area contributed by atoms with Crippen LogP contribution in [0.15, 0.2) is 94.0 Å². The van der Waals surface area contributed by atoms with Crippen molar-refractivity contribution in [2.75, 3.05) is 5.75 Å². The van der Waals surface area contributed by atoms with Crippen LogP contribution >= 0.6 is 11.8 Å². The third-order valence-corrected chi connectivity index (χ3v) is 8.38. The minimum Gasteiger partial charge on any atom is -0.508 e. The Bertz CT molecular complexity index is 1790. The molecule has 0 amide bonds. The van der Waals surface area contributed by atoms with Gasteiger partial charge in [0.1, 0.15) is 11.5 Å². The van der Waals surface area contributed by atoms with Gasteiger partial charge in [-0.2, -0.15) is 0 Å². The van der Waals surface area contributed by atoms with Gasteiger partial charge in [0.05, 0.1) is 0 Å². The Kier molecular flexibility index (Phi) is 8.73. The molecule has 7 nitrogen and oxygen atoms in total. The molecule has 214 valence electrons. The molecule has 0 saturated carbocycles. The highest BCUT2D eigenvalue weighted by Crippen LogP contribution is 2.32. The lowest BCUT2D eigenvalue weighted by Gasteiger charge is -2.12. The Morgan fingerprint density at radius 3 is 2.29 bits per heavy atom. The summed E-state index contributed by atoms with van der Waals surface area (Å²) in [7, 11) is 0. The fourth-order valence-electron chi connectivity index (χ4n) is 5.22. The van der Waals surface area contributed by atoms with Crippen LogP contribution in [0.1, 0.15) is 60.7 Å². The predicted molar refractivity (Wildman–Crippen MR) is 168 cm³/mol. The van der Waals surface area contributed by atoms with Crippen LogP contribution in [0.4, 0.5) is 0 Å². The van der Waals surface area contributed by atoms with Crippen molar-refractivity contribution in [1.82, 2.24) is 4.57 Å². The van der Waals surface area contributed by atoms with Crippen LogP contribution in [0, 0.1) is 0 Å². The smallest absolute Gasteiger partial charge is 0.331 e. The van der Waals surface area contributed by atoms with Gasteiger partial charge in [-0.3, -0.25) is 9.59 Å². The van der Waals surface area contributed by atoms with Gasteiger partial charge in [0, 0.05) is 69.0 Å². The van der Waals surface area contributed by atoms with E-state index >= 15 is 0 Å². The molecule has 0 spiro atoms. The summed E-state index contributed by atoms with van der Waals surface area (Å²) >= 11 is 1.50. The van der Waals surface area contributed by atoms with Crippen LogP contribution < -0.4 is 0 Å². The molecule has 0 fully saturated rings. The first-order valence-corrected chi connectivity index (χ1v) is 14.9. The van der Waals surface area contributed by atoms with E-state index in [-0.39, 0.29) is 29.4 Å². The topological polar surface area (TPSA) is 98.0 Å². The number of benzene rings is 3. The quantitative estimate of drug-likeness (QED) is 0.0680. The van der Waals surface area contributed by atoms with E-state index in [4.69, 9.17) is 4.84 Å². The lowest BCUT2D eigenvalue weighted by Crippen LogP contribution is -2.16. The van der Waals surface area contributed by atoms with E-state index < -0.39 is 5.97 Å². The van der Waals surface area contributed by atoms with Crippen molar-refractivity contribution in [2.45, 2.75) is 51.5 Å². The fourth-order valence-corrected chi connectivity index (χ4v) is 6.08. The number of rotatable bonds is 10. The number of fused-ring (bicyclic) bond motifs is 3. The van der Waals surface area contributed by atoms with Crippen LogP contribution in [-0.4, -0.2) is 38.7 Å². The number of thioether (sulfide) groups is 1. The summed E-state index contributed by atoms with van der Waals surface area (Å²) in [6.07, 6.45) is 6.05. The molecule has 0 atom stereocenters. The van der Waals surface area contributed by atoms with E-state index in [1.165, 1.54) is 18.7 Å². The Morgan fingerprint density at radius 2 is 1.64 bits per heavy atom. The molecule has 1 N–H and O–H groups in total. The first-order valence-electron chi connectivity index (χ1n) is 13.9. The van der Waals surface area contributed by atoms with Gasteiger partial charge in [0.25, 0.3) is 0 Å². The number of aromatic hydroxyl groups is 1. The predicted octanol–water partition coefficient (Wildman–Crippen LogP) is 7.65. The van der Waals surface area contributed by atoms with Gasteiger partial charge >= 0.3 is 5.97 Å². The minimum atomic E-state index is -0.608. The summed E-state index contributed by atoms with van der Waals surface area (Å²) in [6.45, 7) is 6.03. The maximum atomic E-state index is 13.7. The summed E-state index contributed by atoms with van der Waals surface area (Å²) < 4.78 is 2.17. The number of carbonyl (C=O) groups is 3. The number of carbonyl (C=O) groups excluding carboxylic acids is 3. The van der Waals surface area contributed by atoms with Crippen LogP contribution in [0.5, 0.6) is 5.75 Å². The molecule has 0 radical (unpaired) electrons. The van der Waals surface area contributed by atoms with Crippen molar-refractivity contribution in [3.63, 3.8) is 0 Å². The average Bonchev–Trinajstić information content (AvgIpc) is 3.31. The molecular formula is C34H32N2O5S. The SMILES string of the molecule is CCn1c2ccc(C(=O)C3=C(C)CCC=C3)cc2c2cc(C(=O)/C(CCSc3ccc(O)cc3)=N/OC(C)=O)ccc21. The summed E-state index contributed by atoms with van der Waals surface area (Å²) in [4.78, 5) is 44.4. The standard InChI is InChI=1S/C34H32N2O5S/c1-4-36-31-15-9-23(33(39)27-8-6-5-7-21(27)2)19-28(31)29-20-24(10-16-32(29)36)34(40)30(35-41-22(3)37)17-18-42-26-13-11-25(38)12-14-26/h6,8-16,19-20,38H,4-5,7,17-18H2,1-3H3/b35-30+. The van der Waals surface area contributed by atoms with Gasteiger partial charge in [0.2, 0.25) is 5.78 Å². The number of hydrogen-bond acceptors (Lipinski definition) is 7. The zero-order chi connectivity index (χ0) is 29.8. The van der Waals surface area contributed by atoms with Crippen molar-refractivity contribution in [3.05, 3.63) is 95.1 Å². The number of hydrogen-bond donors (Lipinski definition) is 1. The van der Waals surface area contributed by atoms with Gasteiger partial charge in [-0.15, -0.1) is 11.8 Å². The monoisotopic (exact) mass is 580 g/mol. The molecule has 1 aliphatic rings. The van der Waals surface area contributed by atoms with Crippen molar-refractivity contribution < 1.29 is 24.3 Å². The van der Waals surface area contributed by atoms with E-state index in [2.05, 4.69) is 16.6 Å². The van der Waals surface area contributed by atoms with E-state index in [0.717, 1.165) is 57.2 Å². The lowest BCUT2D eigenvalue weighted by atomic mass is 9.92. The average molecular weight is 581 g/mol. The van der Waals surface area contributed by atoms with Gasteiger partial charge < -0.3 is 14.5 Å². The van der Waals surface area contributed by atoms with Crippen LogP contribution in [0.25, 0.3) is 21.8 Å². The molecule has 4 aromatic rings. The molecule has 0 aliphatic heterocycles. The first kappa shape index (κ1) is 29.1. The Labute approximate surface area is 248 Å². The van der Waals surface area contributed by atoms with Crippen molar-refractivity contribution in [1.29, 1.82) is 0 Å². The van der Waals surface area contributed by atoms with E-state index in [0.29, 0.717) is 16.9 Å². The van der Waals surface area contributed by atoms with E-state index in [1.54, 1.807) is 30.3 Å². The third kappa shape index (κ3) is 6.09. The minimum absolute atomic E-state index is 0.00286. The number of aryl methyl sites for hydroxylation is 1. The Balaban J connectivity index is 1.49. The molecule has 42 heavy (non-hydrogen) atoms. The lowest BCUT2D eigenvalue weighted by molar-refractivity contribution is -0.140. The molecule has 1 aliphatic carbocycles. The van der Waals surface area contributed by atoms with Crippen molar-refractivity contribution in [2.24, 2.45) is 5.16 Å². The molecular weight excluding hydrogens is 548 g/mol. The molecule has 0 saturated heterocycles. The number of Topliss-reactive ketones (excluding diaryl/α,β-unsaturated/α-hetero) is 2. The maximum absolute atomic E-state index is 13.7. The Hall–Kier alpha value is -4.43. The summed E-state index contributed by atoms with van der Waals surface area (Å²) in [5.74, 6) is -0.244. The second kappa shape index (κ2) is 12.6. The number of allylic oxidation sites excluding steroid dienone is 4. The molecule has 1 heterocycles.